The number of aryl methyl sites for hydroxylation is 1. The Kier molecular flexibility index (Phi) is 11.1. The largest absolute Gasteiger partial charge is 0.496 e. The van der Waals surface area contributed by atoms with Crippen LogP contribution in [0.5, 0.6) is 5.75 Å². The molecule has 3 amide bonds. The van der Waals surface area contributed by atoms with Gasteiger partial charge in [-0.2, -0.15) is 0 Å². The maximum atomic E-state index is 13.8. The van der Waals surface area contributed by atoms with Crippen LogP contribution in [0.25, 0.3) is 11.0 Å². The molecule has 5 rings (SSSR count). The van der Waals surface area contributed by atoms with Gasteiger partial charge in [0.15, 0.2) is 0 Å². The molecule has 2 N–H and O–H groups in total. The fourth-order valence-electron chi connectivity index (χ4n) is 5.93. The molecule has 2 heterocycles. The first kappa shape index (κ1) is 37.7. The van der Waals surface area contributed by atoms with E-state index in [1.165, 1.54) is 11.7 Å². The number of aromatic nitrogens is 2. The first-order valence-corrected chi connectivity index (χ1v) is 17.4. The molecular formula is C39H48N6O7. The maximum Gasteiger partial charge on any atom is 0.421 e. The number of hydrogen-bond acceptors (Lipinski definition) is 9. The van der Waals surface area contributed by atoms with E-state index in [1.54, 1.807) is 94.8 Å². The number of methoxy groups -OCH3 is 1. The number of benzene rings is 3. The zero-order valence-electron chi connectivity index (χ0n) is 31.2. The monoisotopic (exact) mass is 712 g/mol. The summed E-state index contributed by atoms with van der Waals surface area (Å²) in [7, 11) is 3.18. The Morgan fingerprint density at radius 1 is 0.904 bits per heavy atom. The van der Waals surface area contributed by atoms with Crippen molar-refractivity contribution >= 4 is 52.4 Å². The predicted octanol–water partition coefficient (Wildman–Crippen LogP) is 7.02. The van der Waals surface area contributed by atoms with Gasteiger partial charge in [0.1, 0.15) is 22.5 Å². The van der Waals surface area contributed by atoms with E-state index in [4.69, 9.17) is 19.2 Å². The zero-order valence-corrected chi connectivity index (χ0v) is 31.2. The number of likely N-dealkylation sites (N-methyl/N-ethyl adjacent to an activating group) is 1. The Morgan fingerprint density at radius 2 is 1.63 bits per heavy atom. The number of ether oxygens (including phenoxy) is 3. The molecule has 0 saturated heterocycles. The van der Waals surface area contributed by atoms with Crippen LogP contribution in [0.3, 0.4) is 0 Å². The van der Waals surface area contributed by atoms with Crippen molar-refractivity contribution in [1.82, 2.24) is 14.9 Å². The molecule has 276 valence electrons. The lowest BCUT2D eigenvalue weighted by Crippen LogP contribution is -2.38. The van der Waals surface area contributed by atoms with E-state index < -0.39 is 29.3 Å². The summed E-state index contributed by atoms with van der Waals surface area (Å²) in [6.07, 6.45) is 1.57. The number of anilines is 3. The molecule has 52 heavy (non-hydrogen) atoms. The summed E-state index contributed by atoms with van der Waals surface area (Å²) < 4.78 is 18.0. The van der Waals surface area contributed by atoms with Crippen molar-refractivity contribution in [3.05, 3.63) is 77.4 Å². The summed E-state index contributed by atoms with van der Waals surface area (Å²) >= 11 is 0. The fraction of sp³-hybridized carbons (Fsp3) is 0.410. The number of nitrogens with one attached hydrogen (secondary N) is 2. The number of nitrogens with zero attached hydrogens (tertiary/aromatic N) is 4. The van der Waals surface area contributed by atoms with E-state index in [1.807, 2.05) is 18.2 Å². The summed E-state index contributed by atoms with van der Waals surface area (Å²) in [6, 6.07) is 17.8. The first-order chi connectivity index (χ1) is 24.6. The molecule has 0 saturated carbocycles. The van der Waals surface area contributed by atoms with Gasteiger partial charge in [0.25, 0.3) is 11.8 Å². The van der Waals surface area contributed by atoms with E-state index in [0.717, 1.165) is 30.5 Å². The Balaban J connectivity index is 1.42. The molecule has 0 unspecified atom stereocenters. The number of amides is 3. The zero-order chi connectivity index (χ0) is 37.8. The number of carbonyl (C=O) groups is 4. The Labute approximate surface area is 304 Å². The summed E-state index contributed by atoms with van der Waals surface area (Å²) in [4.78, 5) is 61.7. The number of carbonyl (C=O) groups excluding carboxylic acids is 4. The minimum Gasteiger partial charge on any atom is -0.496 e. The highest BCUT2D eigenvalue weighted by molar-refractivity contribution is 6.12. The van der Waals surface area contributed by atoms with Gasteiger partial charge in [0.2, 0.25) is 5.95 Å². The molecule has 0 bridgehead atoms. The molecular weight excluding hydrogens is 664 g/mol. The van der Waals surface area contributed by atoms with Crippen molar-refractivity contribution in [2.45, 2.75) is 72.0 Å². The number of alkyl carbamates (subject to hydrolysis) is 1. The highest BCUT2D eigenvalue weighted by Gasteiger charge is 2.28. The van der Waals surface area contributed by atoms with E-state index in [-0.39, 0.29) is 36.3 Å². The molecule has 3 aromatic carbocycles. The number of fused-ring (bicyclic) bond motifs is 2. The lowest BCUT2D eigenvalue weighted by atomic mass is 10.1. The summed E-state index contributed by atoms with van der Waals surface area (Å²) in [6.45, 7) is 11.7. The Morgan fingerprint density at radius 3 is 2.35 bits per heavy atom. The van der Waals surface area contributed by atoms with Gasteiger partial charge in [-0.25, -0.2) is 19.1 Å². The quantitative estimate of drug-likeness (QED) is 0.197. The summed E-state index contributed by atoms with van der Waals surface area (Å²) in [5, 5.41) is 5.64. The molecule has 0 aliphatic carbocycles. The van der Waals surface area contributed by atoms with Gasteiger partial charge < -0.3 is 34.6 Å². The second-order valence-corrected chi connectivity index (χ2v) is 14.7. The van der Waals surface area contributed by atoms with Crippen LogP contribution >= 0.6 is 0 Å². The van der Waals surface area contributed by atoms with Gasteiger partial charge >= 0.3 is 12.2 Å². The van der Waals surface area contributed by atoms with Crippen molar-refractivity contribution in [3.8, 4) is 5.75 Å². The third kappa shape index (κ3) is 8.82. The van der Waals surface area contributed by atoms with E-state index in [0.29, 0.717) is 28.8 Å². The van der Waals surface area contributed by atoms with Gasteiger partial charge in [-0.15, -0.1) is 0 Å². The molecule has 13 heteroatoms. The predicted molar refractivity (Wildman–Crippen MR) is 201 cm³/mol. The normalized spacial score (nSPS) is 13.1. The average Bonchev–Trinajstić information content (AvgIpc) is 3.35. The lowest BCUT2D eigenvalue weighted by Gasteiger charge is -2.24. The molecule has 0 atom stereocenters. The molecule has 13 nitrogen and oxygen atoms in total. The van der Waals surface area contributed by atoms with Gasteiger partial charge in [0.05, 0.1) is 23.9 Å². The van der Waals surface area contributed by atoms with Crippen molar-refractivity contribution < 1.29 is 33.4 Å². The third-order valence-electron chi connectivity index (χ3n) is 8.25. The van der Waals surface area contributed by atoms with Crippen molar-refractivity contribution in [3.63, 3.8) is 0 Å². The fourth-order valence-corrected chi connectivity index (χ4v) is 5.93. The second-order valence-electron chi connectivity index (χ2n) is 14.7. The van der Waals surface area contributed by atoms with Crippen LogP contribution in [0, 0.1) is 0 Å². The molecule has 0 fully saturated rings. The Bertz CT molecular complexity index is 1970. The smallest absolute Gasteiger partial charge is 0.421 e. The standard InChI is InChI=1S/C39H48N6O7/c1-38(2,3)51-36(48)40-21-23-43(7)35-42-32-28(16-13-18-30(32)45(35)37(49)52-39(4,5)6)41-33(46)27-20-19-26(24-31(27)50-8)34(47)44-22-12-11-15-25-14-9-10-17-29(25)44/h9-10,13-14,16-20,24H,11-12,15,21-23H2,1-8H3,(H,40,48)(H,41,46). The van der Waals surface area contributed by atoms with Crippen LogP contribution in [0.2, 0.25) is 0 Å². The summed E-state index contributed by atoms with van der Waals surface area (Å²) in [5.74, 6) is -0.190. The number of rotatable bonds is 8. The SMILES string of the molecule is COc1cc(C(=O)N2CCCCc3ccccc32)ccc1C(=O)Nc1cccc2c1nc(N(C)CCNC(=O)OC(C)(C)C)n2C(=O)OC(C)(C)C. The van der Waals surface area contributed by atoms with Crippen LogP contribution < -0.4 is 25.2 Å². The molecule has 1 aliphatic heterocycles. The second kappa shape index (κ2) is 15.3. The molecule has 0 radical (unpaired) electrons. The minimum atomic E-state index is -0.797. The number of hydrogen-bond donors (Lipinski definition) is 2. The highest BCUT2D eigenvalue weighted by Crippen LogP contribution is 2.32. The van der Waals surface area contributed by atoms with E-state index in [9.17, 15) is 19.2 Å². The van der Waals surface area contributed by atoms with Gasteiger partial charge in [-0.3, -0.25) is 9.59 Å². The average molecular weight is 713 g/mol. The van der Waals surface area contributed by atoms with Crippen molar-refractivity contribution in [2.75, 3.05) is 48.9 Å². The van der Waals surface area contributed by atoms with Crippen LogP contribution in [-0.4, -0.2) is 78.5 Å². The molecule has 1 aliphatic rings. The minimum absolute atomic E-state index is 0.171. The van der Waals surface area contributed by atoms with Crippen LogP contribution in [-0.2, 0) is 15.9 Å². The van der Waals surface area contributed by atoms with E-state index >= 15 is 0 Å². The number of para-hydroxylation sites is 2. The van der Waals surface area contributed by atoms with Crippen LogP contribution in [0.1, 0.15) is 80.7 Å². The van der Waals surface area contributed by atoms with Crippen LogP contribution in [0.15, 0.2) is 60.7 Å². The lowest BCUT2D eigenvalue weighted by molar-refractivity contribution is 0.0520. The van der Waals surface area contributed by atoms with Gasteiger partial charge in [-0.05, 0) is 103 Å². The number of imidazole rings is 1. The van der Waals surface area contributed by atoms with Crippen LogP contribution in [0.4, 0.5) is 26.9 Å². The highest BCUT2D eigenvalue weighted by atomic mass is 16.6. The van der Waals surface area contributed by atoms with E-state index in [2.05, 4.69) is 16.7 Å². The van der Waals surface area contributed by atoms with Crippen molar-refractivity contribution in [1.29, 1.82) is 0 Å². The van der Waals surface area contributed by atoms with Gasteiger partial charge in [0, 0.05) is 37.9 Å². The molecule has 1 aromatic heterocycles. The first-order valence-electron chi connectivity index (χ1n) is 17.4. The Hall–Kier alpha value is -5.59. The van der Waals surface area contributed by atoms with Gasteiger partial charge in [-0.1, -0.05) is 24.3 Å². The maximum absolute atomic E-state index is 13.8. The molecule has 0 spiro atoms. The third-order valence-corrected chi connectivity index (χ3v) is 8.25. The topological polar surface area (TPSA) is 144 Å². The van der Waals surface area contributed by atoms with Crippen molar-refractivity contribution in [2.24, 2.45) is 0 Å². The molecule has 4 aromatic rings. The summed E-state index contributed by atoms with van der Waals surface area (Å²) in [5.41, 5.74) is 2.28.